The third-order valence-electron chi connectivity index (χ3n) is 3.50. The van der Waals surface area contributed by atoms with Gasteiger partial charge in [-0.05, 0) is 6.92 Å². The number of hydrogen-bond acceptors (Lipinski definition) is 7. The number of ether oxygens (including phenoxy) is 1. The monoisotopic (exact) mass is 305 g/mol. The van der Waals surface area contributed by atoms with Crippen molar-refractivity contribution in [1.29, 1.82) is 0 Å². The SMILES string of the molecule is CC(=O)N(C)C1OC(CO)C(O)C(O)C1NC(=O)C(C)N. The summed E-state index contributed by atoms with van der Waals surface area (Å²) in [6.45, 7) is 2.22. The average molecular weight is 305 g/mol. The molecule has 1 aliphatic rings. The highest BCUT2D eigenvalue weighted by atomic mass is 16.5. The maximum atomic E-state index is 11.7. The number of carbonyl (C=O) groups is 2. The summed E-state index contributed by atoms with van der Waals surface area (Å²) in [7, 11) is 1.43. The lowest BCUT2D eigenvalue weighted by atomic mass is 9.95. The molecule has 0 aromatic heterocycles. The Balaban J connectivity index is 3.01. The van der Waals surface area contributed by atoms with Crippen molar-refractivity contribution in [2.75, 3.05) is 13.7 Å². The highest BCUT2D eigenvalue weighted by Gasteiger charge is 2.47. The summed E-state index contributed by atoms with van der Waals surface area (Å²) in [6.07, 6.45) is -4.90. The molecule has 1 aliphatic heterocycles. The molecule has 1 saturated heterocycles. The van der Waals surface area contributed by atoms with Gasteiger partial charge in [0.05, 0.1) is 12.6 Å². The molecule has 0 radical (unpaired) electrons. The van der Waals surface area contributed by atoms with Gasteiger partial charge in [-0.25, -0.2) is 0 Å². The van der Waals surface area contributed by atoms with Gasteiger partial charge in [0, 0.05) is 14.0 Å². The van der Waals surface area contributed by atoms with E-state index in [9.17, 15) is 19.8 Å². The maximum Gasteiger partial charge on any atom is 0.237 e. The van der Waals surface area contributed by atoms with Gasteiger partial charge in [-0.3, -0.25) is 9.59 Å². The zero-order chi connectivity index (χ0) is 16.3. The number of rotatable bonds is 4. The summed E-state index contributed by atoms with van der Waals surface area (Å²) >= 11 is 0. The molecule has 6 N–H and O–H groups in total. The molecule has 0 saturated carbocycles. The molecule has 1 rings (SSSR count). The average Bonchev–Trinajstić information content (AvgIpc) is 2.43. The van der Waals surface area contributed by atoms with Crippen LogP contribution in [0.1, 0.15) is 13.8 Å². The number of nitrogens with zero attached hydrogens (tertiary/aromatic N) is 1. The predicted molar refractivity (Wildman–Crippen MR) is 71.8 cm³/mol. The molecule has 6 unspecified atom stereocenters. The highest BCUT2D eigenvalue weighted by molar-refractivity contribution is 5.81. The van der Waals surface area contributed by atoms with Crippen LogP contribution in [-0.2, 0) is 14.3 Å². The van der Waals surface area contributed by atoms with Crippen molar-refractivity contribution in [3.8, 4) is 0 Å². The first-order chi connectivity index (χ1) is 9.70. The molecule has 0 aromatic carbocycles. The van der Waals surface area contributed by atoms with E-state index >= 15 is 0 Å². The van der Waals surface area contributed by atoms with E-state index in [4.69, 9.17) is 15.6 Å². The number of carbonyl (C=O) groups excluding carboxylic acids is 2. The minimum atomic E-state index is -1.41. The van der Waals surface area contributed by atoms with E-state index in [1.54, 1.807) is 0 Å². The van der Waals surface area contributed by atoms with Gasteiger partial charge in [0.1, 0.15) is 24.4 Å². The lowest BCUT2D eigenvalue weighted by Crippen LogP contribution is -2.68. The van der Waals surface area contributed by atoms with Crippen molar-refractivity contribution in [2.45, 2.75) is 50.5 Å². The summed E-state index contributed by atoms with van der Waals surface area (Å²) in [5.74, 6) is -0.917. The van der Waals surface area contributed by atoms with Gasteiger partial charge in [0.15, 0.2) is 6.23 Å². The molecule has 0 bridgehead atoms. The van der Waals surface area contributed by atoms with E-state index in [0.717, 1.165) is 0 Å². The fraction of sp³-hybridized carbons (Fsp3) is 0.833. The summed E-state index contributed by atoms with van der Waals surface area (Å²) in [5, 5.41) is 31.6. The molecule has 9 nitrogen and oxygen atoms in total. The van der Waals surface area contributed by atoms with Crippen LogP contribution in [0.2, 0.25) is 0 Å². The molecule has 0 aromatic rings. The van der Waals surface area contributed by atoms with Gasteiger partial charge in [-0.2, -0.15) is 0 Å². The molecule has 0 aliphatic carbocycles. The lowest BCUT2D eigenvalue weighted by Gasteiger charge is -2.45. The Hall–Kier alpha value is -1.26. The Bertz CT molecular complexity index is 391. The van der Waals surface area contributed by atoms with Gasteiger partial charge in [0.25, 0.3) is 0 Å². The van der Waals surface area contributed by atoms with Gasteiger partial charge in [-0.1, -0.05) is 0 Å². The second kappa shape index (κ2) is 7.14. The molecule has 9 heteroatoms. The van der Waals surface area contributed by atoms with Crippen molar-refractivity contribution >= 4 is 11.8 Å². The number of likely N-dealkylation sites (N-methyl/N-ethyl adjacent to an activating group) is 1. The second-order valence-corrected chi connectivity index (χ2v) is 5.18. The summed E-state index contributed by atoms with van der Waals surface area (Å²) in [4.78, 5) is 24.4. The molecule has 21 heavy (non-hydrogen) atoms. The standard InChI is InChI=1S/C12H23N3O6/c1-5(13)11(20)14-8-10(19)9(18)7(4-16)21-12(8)15(3)6(2)17/h5,7-10,12,16,18-19H,4,13H2,1-3H3,(H,14,20). The predicted octanol–water partition coefficient (Wildman–Crippen LogP) is -3.26. The van der Waals surface area contributed by atoms with E-state index in [1.807, 2.05) is 0 Å². The number of nitrogens with two attached hydrogens (primary N) is 1. The number of aliphatic hydroxyl groups excluding tert-OH is 3. The zero-order valence-corrected chi connectivity index (χ0v) is 12.3. The zero-order valence-electron chi connectivity index (χ0n) is 12.3. The number of nitrogens with one attached hydrogen (secondary N) is 1. The van der Waals surface area contributed by atoms with Crippen LogP contribution in [-0.4, -0.2) is 82.3 Å². The minimum absolute atomic E-state index is 0.361. The molecular weight excluding hydrogens is 282 g/mol. The van der Waals surface area contributed by atoms with Crippen molar-refractivity contribution in [3.05, 3.63) is 0 Å². The highest BCUT2D eigenvalue weighted by Crippen LogP contribution is 2.23. The van der Waals surface area contributed by atoms with Gasteiger partial charge >= 0.3 is 0 Å². The van der Waals surface area contributed by atoms with Crippen molar-refractivity contribution in [2.24, 2.45) is 5.73 Å². The Morgan fingerprint density at radius 3 is 2.38 bits per heavy atom. The quantitative estimate of drug-likeness (QED) is 0.366. The Morgan fingerprint density at radius 1 is 1.38 bits per heavy atom. The molecule has 0 spiro atoms. The lowest BCUT2D eigenvalue weighted by molar-refractivity contribution is -0.227. The Morgan fingerprint density at radius 2 is 1.95 bits per heavy atom. The van der Waals surface area contributed by atoms with Crippen LogP contribution in [0.3, 0.4) is 0 Å². The van der Waals surface area contributed by atoms with E-state index < -0.39 is 49.1 Å². The molecular formula is C12H23N3O6. The first-order valence-corrected chi connectivity index (χ1v) is 6.62. The number of amides is 2. The van der Waals surface area contributed by atoms with Crippen LogP contribution in [0.15, 0.2) is 0 Å². The third kappa shape index (κ3) is 3.89. The molecule has 2 amide bonds. The number of aliphatic hydroxyl groups is 3. The first-order valence-electron chi connectivity index (χ1n) is 6.62. The molecule has 1 heterocycles. The van der Waals surface area contributed by atoms with Crippen LogP contribution in [0, 0.1) is 0 Å². The molecule has 1 fully saturated rings. The molecule has 6 atom stereocenters. The van der Waals surface area contributed by atoms with Gasteiger partial charge < -0.3 is 36.0 Å². The van der Waals surface area contributed by atoms with Crippen LogP contribution >= 0.6 is 0 Å². The van der Waals surface area contributed by atoms with E-state index in [2.05, 4.69) is 5.32 Å². The maximum absolute atomic E-state index is 11.7. The van der Waals surface area contributed by atoms with E-state index in [0.29, 0.717) is 0 Å². The van der Waals surface area contributed by atoms with Crippen molar-refractivity contribution < 1.29 is 29.6 Å². The summed E-state index contributed by atoms with van der Waals surface area (Å²) in [5.41, 5.74) is 5.45. The fourth-order valence-corrected chi connectivity index (χ4v) is 2.06. The minimum Gasteiger partial charge on any atom is -0.394 e. The van der Waals surface area contributed by atoms with Gasteiger partial charge in [-0.15, -0.1) is 0 Å². The normalized spacial score (nSPS) is 34.1. The van der Waals surface area contributed by atoms with E-state index in [-0.39, 0.29) is 5.91 Å². The first kappa shape index (κ1) is 17.8. The van der Waals surface area contributed by atoms with Gasteiger partial charge in [0.2, 0.25) is 11.8 Å². The van der Waals surface area contributed by atoms with Crippen molar-refractivity contribution in [3.63, 3.8) is 0 Å². The van der Waals surface area contributed by atoms with Crippen LogP contribution < -0.4 is 11.1 Å². The summed E-state index contributed by atoms with van der Waals surface area (Å²) < 4.78 is 5.42. The fourth-order valence-electron chi connectivity index (χ4n) is 2.06. The smallest absolute Gasteiger partial charge is 0.237 e. The van der Waals surface area contributed by atoms with Crippen LogP contribution in [0.4, 0.5) is 0 Å². The Labute approximate surface area is 122 Å². The van der Waals surface area contributed by atoms with E-state index in [1.165, 1.54) is 25.8 Å². The largest absolute Gasteiger partial charge is 0.394 e. The third-order valence-corrected chi connectivity index (χ3v) is 3.50. The van der Waals surface area contributed by atoms with Crippen LogP contribution in [0.25, 0.3) is 0 Å². The molecule has 122 valence electrons. The summed E-state index contributed by atoms with van der Waals surface area (Å²) in [6, 6.07) is -1.89. The van der Waals surface area contributed by atoms with Crippen molar-refractivity contribution in [1.82, 2.24) is 10.2 Å². The topological polar surface area (TPSA) is 145 Å². The van der Waals surface area contributed by atoms with Crippen LogP contribution in [0.5, 0.6) is 0 Å². The number of hydrogen-bond donors (Lipinski definition) is 5. The Kier molecular flexibility index (Phi) is 6.05. The second-order valence-electron chi connectivity index (χ2n) is 5.18.